The molecule has 0 fully saturated rings. The molecule has 0 aromatic rings. The Kier molecular flexibility index (Phi) is 13.3. The number of unbranched alkanes of at least 4 members (excludes halogenated alkanes) is 3. The lowest BCUT2D eigenvalue weighted by atomic mass is 9.74. The van der Waals surface area contributed by atoms with E-state index in [9.17, 15) is 0 Å². The molecule has 2 N–H and O–H groups in total. The molecule has 0 bridgehead atoms. The highest BCUT2D eigenvalue weighted by Gasteiger charge is 2.27. The van der Waals surface area contributed by atoms with Crippen LogP contribution in [0.1, 0.15) is 106 Å². The molecule has 0 radical (unpaired) electrons. The zero-order valence-corrected chi connectivity index (χ0v) is 17.4. The Balaban J connectivity index is 4.30. The third kappa shape index (κ3) is 11.2. The van der Waals surface area contributed by atoms with Gasteiger partial charge in [0.05, 0.1) is 0 Å². The monoisotopic (exact) mass is 325 g/mol. The maximum absolute atomic E-state index is 6.39. The van der Waals surface area contributed by atoms with Crippen molar-refractivity contribution >= 4 is 0 Å². The highest BCUT2D eigenvalue weighted by molar-refractivity contribution is 4.80. The van der Waals surface area contributed by atoms with Crippen LogP contribution in [-0.2, 0) is 0 Å². The predicted octanol–water partition coefficient (Wildman–Crippen LogP) is 7.04. The summed E-state index contributed by atoms with van der Waals surface area (Å²) in [5.41, 5.74) is 6.39. The zero-order valence-electron chi connectivity index (χ0n) is 17.4. The van der Waals surface area contributed by atoms with Gasteiger partial charge in [-0.25, -0.2) is 0 Å². The van der Waals surface area contributed by atoms with Crippen molar-refractivity contribution in [3.63, 3.8) is 0 Å². The van der Waals surface area contributed by atoms with Crippen LogP contribution in [-0.4, -0.2) is 6.04 Å². The van der Waals surface area contributed by atoms with Crippen LogP contribution in [0.4, 0.5) is 0 Å². The first kappa shape index (κ1) is 23.0. The van der Waals surface area contributed by atoms with Crippen molar-refractivity contribution in [2.75, 3.05) is 0 Å². The van der Waals surface area contributed by atoms with Gasteiger partial charge in [-0.1, -0.05) is 86.5 Å². The van der Waals surface area contributed by atoms with Gasteiger partial charge in [-0.15, -0.1) is 0 Å². The van der Waals surface area contributed by atoms with E-state index in [4.69, 9.17) is 5.73 Å². The van der Waals surface area contributed by atoms with Gasteiger partial charge >= 0.3 is 0 Å². The summed E-state index contributed by atoms with van der Waals surface area (Å²) < 4.78 is 0. The van der Waals surface area contributed by atoms with Gasteiger partial charge in [0, 0.05) is 6.04 Å². The molecule has 0 aromatic heterocycles. The van der Waals surface area contributed by atoms with E-state index in [0.29, 0.717) is 12.0 Å². The Hall–Kier alpha value is -0.0400. The molecule has 23 heavy (non-hydrogen) atoms. The Morgan fingerprint density at radius 2 is 1.22 bits per heavy atom. The van der Waals surface area contributed by atoms with Crippen LogP contribution in [0, 0.1) is 29.6 Å². The molecule has 1 heteroatoms. The summed E-state index contributed by atoms with van der Waals surface area (Å²) in [6, 6.07) is 0.340. The summed E-state index contributed by atoms with van der Waals surface area (Å²) in [4.78, 5) is 0. The molecule has 0 rings (SSSR count). The van der Waals surface area contributed by atoms with Crippen molar-refractivity contribution in [2.24, 2.45) is 35.3 Å². The minimum atomic E-state index is 0.340. The Bertz CT molecular complexity index is 257. The minimum Gasteiger partial charge on any atom is -0.328 e. The van der Waals surface area contributed by atoms with Gasteiger partial charge in [0.1, 0.15) is 0 Å². The molecule has 0 aliphatic heterocycles. The fourth-order valence-electron chi connectivity index (χ4n) is 3.88. The average Bonchev–Trinajstić information content (AvgIpc) is 2.47. The molecule has 0 spiro atoms. The first-order valence-corrected chi connectivity index (χ1v) is 10.5. The summed E-state index contributed by atoms with van der Waals surface area (Å²) in [6.07, 6.45) is 12.4. The van der Waals surface area contributed by atoms with E-state index in [1.807, 2.05) is 0 Å². The standard InChI is InChI=1S/C22H47N/c1-8-19(6)15-16-22(20(7)23)21(18(4)5)14-12-10-9-11-13-17(2)3/h17-22H,8-16,23H2,1-7H3. The van der Waals surface area contributed by atoms with Crippen molar-refractivity contribution in [1.82, 2.24) is 0 Å². The van der Waals surface area contributed by atoms with Crippen LogP contribution in [0.2, 0.25) is 0 Å². The summed E-state index contributed by atoms with van der Waals surface area (Å²) in [6.45, 7) is 16.4. The zero-order chi connectivity index (χ0) is 17.8. The lowest BCUT2D eigenvalue weighted by molar-refractivity contribution is 0.183. The van der Waals surface area contributed by atoms with Crippen LogP contribution in [0.25, 0.3) is 0 Å². The van der Waals surface area contributed by atoms with Crippen LogP contribution >= 0.6 is 0 Å². The molecule has 0 aliphatic carbocycles. The van der Waals surface area contributed by atoms with E-state index in [-0.39, 0.29) is 0 Å². The van der Waals surface area contributed by atoms with Crippen molar-refractivity contribution in [3.05, 3.63) is 0 Å². The molecule has 0 aliphatic rings. The molecule has 0 saturated heterocycles. The fourth-order valence-corrected chi connectivity index (χ4v) is 3.88. The molecule has 0 heterocycles. The first-order chi connectivity index (χ1) is 10.8. The molecule has 0 amide bonds. The van der Waals surface area contributed by atoms with E-state index >= 15 is 0 Å². The Labute approximate surface area is 148 Å². The van der Waals surface area contributed by atoms with E-state index < -0.39 is 0 Å². The summed E-state index contributed by atoms with van der Waals surface area (Å²) in [5.74, 6) is 3.99. The fraction of sp³-hybridized carbons (Fsp3) is 1.00. The van der Waals surface area contributed by atoms with Gasteiger partial charge in [0.2, 0.25) is 0 Å². The topological polar surface area (TPSA) is 26.0 Å². The maximum Gasteiger partial charge on any atom is 0.00415 e. The number of nitrogens with two attached hydrogens (primary N) is 1. The van der Waals surface area contributed by atoms with Gasteiger partial charge in [-0.2, -0.15) is 0 Å². The number of hydrogen-bond acceptors (Lipinski definition) is 1. The normalized spacial score (nSPS) is 17.5. The van der Waals surface area contributed by atoms with Crippen LogP contribution in [0.15, 0.2) is 0 Å². The van der Waals surface area contributed by atoms with Crippen molar-refractivity contribution in [1.29, 1.82) is 0 Å². The second kappa shape index (κ2) is 13.3. The summed E-state index contributed by atoms with van der Waals surface area (Å²) in [5, 5.41) is 0. The van der Waals surface area contributed by atoms with Crippen LogP contribution < -0.4 is 5.73 Å². The number of hydrogen-bond donors (Lipinski definition) is 1. The molecule has 140 valence electrons. The molecule has 4 atom stereocenters. The van der Waals surface area contributed by atoms with Crippen molar-refractivity contribution in [3.8, 4) is 0 Å². The van der Waals surface area contributed by atoms with Crippen LogP contribution in [0.3, 0.4) is 0 Å². The lowest BCUT2D eigenvalue weighted by Crippen LogP contribution is -2.35. The van der Waals surface area contributed by atoms with E-state index in [0.717, 1.165) is 23.7 Å². The predicted molar refractivity (Wildman–Crippen MR) is 107 cm³/mol. The maximum atomic E-state index is 6.39. The van der Waals surface area contributed by atoms with E-state index in [2.05, 4.69) is 48.5 Å². The third-order valence-corrected chi connectivity index (χ3v) is 5.84. The van der Waals surface area contributed by atoms with Crippen molar-refractivity contribution in [2.45, 2.75) is 112 Å². The Morgan fingerprint density at radius 1 is 0.652 bits per heavy atom. The van der Waals surface area contributed by atoms with Crippen LogP contribution in [0.5, 0.6) is 0 Å². The molecule has 4 unspecified atom stereocenters. The van der Waals surface area contributed by atoms with Gasteiger partial charge in [0.25, 0.3) is 0 Å². The smallest absolute Gasteiger partial charge is 0.00415 e. The average molecular weight is 326 g/mol. The SMILES string of the molecule is CCC(C)CCC(C(C)N)C(CCCCCCC(C)C)C(C)C. The number of rotatable bonds is 14. The van der Waals surface area contributed by atoms with E-state index in [1.54, 1.807) is 0 Å². The molecular formula is C22H47N. The lowest BCUT2D eigenvalue weighted by Gasteiger charge is -2.34. The molecule has 0 saturated carbocycles. The summed E-state index contributed by atoms with van der Waals surface area (Å²) >= 11 is 0. The third-order valence-electron chi connectivity index (χ3n) is 5.84. The second-order valence-corrected chi connectivity index (χ2v) is 8.91. The van der Waals surface area contributed by atoms with Gasteiger partial charge in [-0.3, -0.25) is 0 Å². The first-order valence-electron chi connectivity index (χ1n) is 10.5. The van der Waals surface area contributed by atoms with Gasteiger partial charge in [0.15, 0.2) is 0 Å². The Morgan fingerprint density at radius 3 is 1.65 bits per heavy atom. The summed E-state index contributed by atoms with van der Waals surface area (Å²) in [7, 11) is 0. The van der Waals surface area contributed by atoms with Gasteiger partial charge < -0.3 is 5.73 Å². The largest absolute Gasteiger partial charge is 0.328 e. The minimum absolute atomic E-state index is 0.340. The highest BCUT2D eigenvalue weighted by atomic mass is 14.6. The van der Waals surface area contributed by atoms with E-state index in [1.165, 1.54) is 57.8 Å². The quantitative estimate of drug-likeness (QED) is 0.340. The second-order valence-electron chi connectivity index (χ2n) is 8.91. The molecule has 1 nitrogen and oxygen atoms in total. The molecule has 0 aromatic carbocycles. The molecular weight excluding hydrogens is 278 g/mol. The van der Waals surface area contributed by atoms with Gasteiger partial charge in [-0.05, 0) is 49.4 Å². The van der Waals surface area contributed by atoms with Crippen molar-refractivity contribution < 1.29 is 0 Å². The highest BCUT2D eigenvalue weighted by Crippen LogP contribution is 2.33.